The van der Waals surface area contributed by atoms with Crippen molar-refractivity contribution < 1.29 is 4.79 Å². The fourth-order valence-electron chi connectivity index (χ4n) is 2.44. The van der Waals surface area contributed by atoms with Crippen molar-refractivity contribution in [2.24, 2.45) is 0 Å². The van der Waals surface area contributed by atoms with Crippen LogP contribution in [0.1, 0.15) is 36.5 Å². The van der Waals surface area contributed by atoms with Gasteiger partial charge in [0.25, 0.3) is 5.91 Å². The van der Waals surface area contributed by atoms with Gasteiger partial charge in [-0.1, -0.05) is 36.8 Å². The molecule has 1 atom stereocenters. The second-order valence-electron chi connectivity index (χ2n) is 6.19. The highest BCUT2D eigenvalue weighted by Crippen LogP contribution is 2.24. The van der Waals surface area contributed by atoms with Gasteiger partial charge in [-0.3, -0.25) is 4.79 Å². The molecule has 0 saturated carbocycles. The Labute approximate surface area is 147 Å². The molecule has 0 saturated heterocycles. The fourth-order valence-corrected chi connectivity index (χ4v) is 2.44. The maximum absolute atomic E-state index is 12.4. The standard InChI is InChI=1S/C20H22N4O/c1-4-14(3)21-20(25)19-23-17-8-6-5-7-16(17)18(24-19)22-15-11-9-13(2)10-12-15/h5-12,14H,4H2,1-3H3,(H,21,25)(H,22,23,24)/t14-/m0/s1. The third-order valence-electron chi connectivity index (χ3n) is 4.11. The van der Waals surface area contributed by atoms with Gasteiger partial charge in [0.15, 0.2) is 0 Å². The smallest absolute Gasteiger partial charge is 0.289 e. The summed E-state index contributed by atoms with van der Waals surface area (Å²) < 4.78 is 0. The molecule has 128 valence electrons. The minimum Gasteiger partial charge on any atom is -0.347 e. The molecular formula is C20H22N4O. The zero-order valence-corrected chi connectivity index (χ0v) is 14.7. The van der Waals surface area contributed by atoms with Crippen LogP contribution in [-0.2, 0) is 0 Å². The van der Waals surface area contributed by atoms with Gasteiger partial charge < -0.3 is 10.6 Å². The number of anilines is 2. The van der Waals surface area contributed by atoms with Crippen molar-refractivity contribution in [3.63, 3.8) is 0 Å². The zero-order valence-electron chi connectivity index (χ0n) is 14.7. The number of fused-ring (bicyclic) bond motifs is 1. The van der Waals surface area contributed by atoms with E-state index in [2.05, 4.69) is 20.6 Å². The number of rotatable bonds is 5. The molecule has 5 heteroatoms. The molecule has 1 heterocycles. The number of carbonyl (C=O) groups excluding carboxylic acids is 1. The second-order valence-corrected chi connectivity index (χ2v) is 6.19. The van der Waals surface area contributed by atoms with E-state index in [1.165, 1.54) is 5.56 Å². The van der Waals surface area contributed by atoms with Crippen molar-refractivity contribution in [3.05, 3.63) is 59.9 Å². The van der Waals surface area contributed by atoms with E-state index in [-0.39, 0.29) is 17.8 Å². The molecule has 0 radical (unpaired) electrons. The van der Waals surface area contributed by atoms with Crippen molar-refractivity contribution >= 4 is 28.3 Å². The van der Waals surface area contributed by atoms with Crippen molar-refractivity contribution in [1.82, 2.24) is 15.3 Å². The quantitative estimate of drug-likeness (QED) is 0.733. The minimum atomic E-state index is -0.257. The van der Waals surface area contributed by atoms with Gasteiger partial charge in [0.05, 0.1) is 5.52 Å². The Morgan fingerprint density at radius 1 is 1.08 bits per heavy atom. The maximum Gasteiger partial charge on any atom is 0.289 e. The average Bonchev–Trinajstić information content (AvgIpc) is 2.63. The number of nitrogens with zero attached hydrogens (tertiary/aromatic N) is 2. The Morgan fingerprint density at radius 3 is 2.52 bits per heavy atom. The highest BCUT2D eigenvalue weighted by molar-refractivity contribution is 5.97. The molecule has 0 aliphatic carbocycles. The molecule has 0 bridgehead atoms. The van der Waals surface area contributed by atoms with E-state index in [1.54, 1.807) is 0 Å². The number of nitrogens with one attached hydrogen (secondary N) is 2. The van der Waals surface area contributed by atoms with E-state index in [9.17, 15) is 4.79 Å². The summed E-state index contributed by atoms with van der Waals surface area (Å²) in [6.45, 7) is 6.03. The molecular weight excluding hydrogens is 312 g/mol. The fraction of sp³-hybridized carbons (Fsp3) is 0.250. The summed E-state index contributed by atoms with van der Waals surface area (Å²) in [7, 11) is 0. The number of amides is 1. The van der Waals surface area contributed by atoms with Gasteiger partial charge >= 0.3 is 0 Å². The predicted molar refractivity (Wildman–Crippen MR) is 101 cm³/mol. The molecule has 0 unspecified atom stereocenters. The van der Waals surface area contributed by atoms with Crippen molar-refractivity contribution in [3.8, 4) is 0 Å². The first-order valence-corrected chi connectivity index (χ1v) is 8.48. The highest BCUT2D eigenvalue weighted by Gasteiger charge is 2.15. The minimum absolute atomic E-state index is 0.0797. The number of benzene rings is 2. The van der Waals surface area contributed by atoms with Crippen LogP contribution in [0.3, 0.4) is 0 Å². The van der Waals surface area contributed by atoms with Crippen molar-refractivity contribution in [1.29, 1.82) is 0 Å². The Bertz CT molecular complexity index is 890. The summed E-state index contributed by atoms with van der Waals surface area (Å²) in [5, 5.41) is 7.10. The van der Waals surface area contributed by atoms with Crippen LogP contribution in [0.15, 0.2) is 48.5 Å². The normalized spacial score (nSPS) is 12.0. The van der Waals surface area contributed by atoms with E-state index in [4.69, 9.17) is 0 Å². The molecule has 5 nitrogen and oxygen atoms in total. The van der Waals surface area contributed by atoms with Crippen LogP contribution in [-0.4, -0.2) is 21.9 Å². The lowest BCUT2D eigenvalue weighted by molar-refractivity contribution is 0.0929. The third kappa shape index (κ3) is 3.94. The summed E-state index contributed by atoms with van der Waals surface area (Å²) in [4.78, 5) is 21.3. The molecule has 0 spiro atoms. The molecule has 2 N–H and O–H groups in total. The van der Waals surface area contributed by atoms with Gasteiger partial charge in [0.2, 0.25) is 5.82 Å². The summed E-state index contributed by atoms with van der Waals surface area (Å²) in [6, 6.07) is 15.8. The Morgan fingerprint density at radius 2 is 1.80 bits per heavy atom. The van der Waals surface area contributed by atoms with Gasteiger partial charge in [0, 0.05) is 17.1 Å². The maximum atomic E-state index is 12.4. The molecule has 0 aliphatic rings. The molecule has 3 rings (SSSR count). The van der Waals surface area contributed by atoms with Gasteiger partial charge in [-0.25, -0.2) is 9.97 Å². The number of hydrogen-bond acceptors (Lipinski definition) is 4. The molecule has 0 aliphatic heterocycles. The molecule has 0 fully saturated rings. The van der Waals surface area contributed by atoms with Crippen LogP contribution < -0.4 is 10.6 Å². The van der Waals surface area contributed by atoms with E-state index in [0.29, 0.717) is 5.82 Å². The first kappa shape index (κ1) is 16.9. The Kier molecular flexibility index (Phi) is 4.93. The SMILES string of the molecule is CC[C@H](C)NC(=O)c1nc(Nc2ccc(C)cc2)c2ccccc2n1. The molecule has 3 aromatic rings. The highest BCUT2D eigenvalue weighted by atomic mass is 16.2. The summed E-state index contributed by atoms with van der Waals surface area (Å²) in [5.41, 5.74) is 2.84. The number of aromatic nitrogens is 2. The van der Waals surface area contributed by atoms with Crippen LogP contribution in [0.2, 0.25) is 0 Å². The van der Waals surface area contributed by atoms with Gasteiger partial charge in [-0.15, -0.1) is 0 Å². The van der Waals surface area contributed by atoms with Gasteiger partial charge in [0.1, 0.15) is 5.82 Å². The lowest BCUT2D eigenvalue weighted by atomic mass is 10.2. The molecule has 2 aromatic carbocycles. The van der Waals surface area contributed by atoms with Gasteiger partial charge in [-0.05, 0) is 44.5 Å². The van der Waals surface area contributed by atoms with Crippen LogP contribution in [0, 0.1) is 6.92 Å². The molecule has 25 heavy (non-hydrogen) atoms. The number of aryl methyl sites for hydroxylation is 1. The second kappa shape index (κ2) is 7.30. The van der Waals surface area contributed by atoms with E-state index < -0.39 is 0 Å². The first-order valence-electron chi connectivity index (χ1n) is 8.48. The van der Waals surface area contributed by atoms with Crippen LogP contribution in [0.4, 0.5) is 11.5 Å². The predicted octanol–water partition coefficient (Wildman–Crippen LogP) is 4.21. The first-order chi connectivity index (χ1) is 12.1. The lowest BCUT2D eigenvalue weighted by Gasteiger charge is -2.13. The Balaban J connectivity index is 2.00. The molecule has 1 aromatic heterocycles. The zero-order chi connectivity index (χ0) is 17.8. The van der Waals surface area contributed by atoms with Gasteiger partial charge in [-0.2, -0.15) is 0 Å². The summed E-state index contributed by atoms with van der Waals surface area (Å²) in [5.74, 6) is 0.546. The van der Waals surface area contributed by atoms with Crippen LogP contribution in [0.5, 0.6) is 0 Å². The number of carbonyl (C=O) groups is 1. The van der Waals surface area contributed by atoms with Crippen LogP contribution in [0.25, 0.3) is 10.9 Å². The Hall–Kier alpha value is -2.95. The van der Waals surface area contributed by atoms with Crippen molar-refractivity contribution in [2.75, 3.05) is 5.32 Å². The van der Waals surface area contributed by atoms with Crippen LogP contribution >= 0.6 is 0 Å². The lowest BCUT2D eigenvalue weighted by Crippen LogP contribution is -2.33. The largest absolute Gasteiger partial charge is 0.347 e. The summed E-state index contributed by atoms with van der Waals surface area (Å²) >= 11 is 0. The molecule has 1 amide bonds. The van der Waals surface area contributed by atoms with E-state index in [1.807, 2.05) is 69.3 Å². The number of para-hydroxylation sites is 1. The monoisotopic (exact) mass is 334 g/mol. The van der Waals surface area contributed by atoms with Crippen molar-refractivity contribution in [2.45, 2.75) is 33.2 Å². The third-order valence-corrected chi connectivity index (χ3v) is 4.11. The van der Waals surface area contributed by atoms with E-state index in [0.717, 1.165) is 23.0 Å². The topological polar surface area (TPSA) is 66.9 Å². The summed E-state index contributed by atoms with van der Waals surface area (Å²) in [6.07, 6.45) is 0.855. The number of hydrogen-bond donors (Lipinski definition) is 2. The van der Waals surface area contributed by atoms with E-state index >= 15 is 0 Å². The average molecular weight is 334 g/mol.